The molecular formula is C12H12Br2N2O3. The highest BCUT2D eigenvalue weighted by atomic mass is 79.9. The second kappa shape index (κ2) is 8.21. The van der Waals surface area contributed by atoms with Gasteiger partial charge >= 0.3 is 0 Å². The van der Waals surface area contributed by atoms with Gasteiger partial charge in [0.25, 0.3) is 0 Å². The Morgan fingerprint density at radius 2 is 1.74 bits per heavy atom. The van der Waals surface area contributed by atoms with E-state index in [1.807, 2.05) is 6.07 Å². The molecule has 5 nitrogen and oxygen atoms in total. The first-order chi connectivity index (χ1) is 9.06. The second-order valence-corrected chi connectivity index (χ2v) is 5.28. The summed E-state index contributed by atoms with van der Waals surface area (Å²) < 4.78 is 2.27. The lowest BCUT2D eigenvalue weighted by molar-refractivity contribution is -0.617. The fourth-order valence-corrected chi connectivity index (χ4v) is 1.66. The second-order valence-electron chi connectivity index (χ2n) is 3.45. The summed E-state index contributed by atoms with van der Waals surface area (Å²) in [5.41, 5.74) is 1.04. The predicted octanol–water partition coefficient (Wildman–Crippen LogP) is 1.91. The molecule has 0 radical (unpaired) electrons. The van der Waals surface area contributed by atoms with Crippen LogP contribution in [0.2, 0.25) is 0 Å². The number of hydrogen-bond donors (Lipinski definition) is 2. The highest BCUT2D eigenvalue weighted by molar-refractivity contribution is 9.10. The van der Waals surface area contributed by atoms with Crippen LogP contribution in [0.3, 0.4) is 0 Å². The average Bonchev–Trinajstić information content (AvgIpc) is 2.40. The Morgan fingerprint density at radius 3 is 2.21 bits per heavy atom. The fourth-order valence-electron chi connectivity index (χ4n) is 1.11. The van der Waals surface area contributed by atoms with Gasteiger partial charge in [0.15, 0.2) is 6.20 Å². The molecule has 0 spiro atoms. The van der Waals surface area contributed by atoms with Crippen molar-refractivity contribution >= 4 is 31.9 Å². The third-order valence-corrected chi connectivity index (χ3v) is 3.01. The standard InChI is InChI=1S/C6H6BrNO2.C6H6BrNO/c7-5-1-2-6(4-9)8(10)3-5;7-5-1-2-6(4-9)8-3-5/h1-3,9H,4H2;1-3,9H,4H2. The summed E-state index contributed by atoms with van der Waals surface area (Å²) in [6, 6.07) is 6.89. The predicted molar refractivity (Wildman–Crippen MR) is 76.9 cm³/mol. The summed E-state index contributed by atoms with van der Waals surface area (Å²) in [5.74, 6) is 0. The molecule has 0 aliphatic rings. The first kappa shape index (κ1) is 16.0. The van der Waals surface area contributed by atoms with Crippen LogP contribution in [0.4, 0.5) is 0 Å². The Labute approximate surface area is 127 Å². The summed E-state index contributed by atoms with van der Waals surface area (Å²) in [5, 5.41) is 27.9. The number of pyridine rings is 2. The molecule has 0 bridgehead atoms. The largest absolute Gasteiger partial charge is 0.618 e. The van der Waals surface area contributed by atoms with E-state index in [1.54, 1.807) is 24.4 Å². The van der Waals surface area contributed by atoms with Gasteiger partial charge in [-0.3, -0.25) is 4.98 Å². The van der Waals surface area contributed by atoms with E-state index < -0.39 is 0 Å². The van der Waals surface area contributed by atoms with Crippen LogP contribution in [0.1, 0.15) is 11.4 Å². The number of aliphatic hydroxyl groups excluding tert-OH is 2. The van der Waals surface area contributed by atoms with Crippen molar-refractivity contribution in [1.82, 2.24) is 4.98 Å². The quantitative estimate of drug-likeness (QED) is 0.605. The lowest BCUT2D eigenvalue weighted by Crippen LogP contribution is -2.31. The van der Waals surface area contributed by atoms with Crippen molar-refractivity contribution in [2.45, 2.75) is 13.2 Å². The Morgan fingerprint density at radius 1 is 1.05 bits per heavy atom. The zero-order valence-corrected chi connectivity index (χ0v) is 13.0. The first-order valence-corrected chi connectivity index (χ1v) is 6.85. The number of hydrogen-bond acceptors (Lipinski definition) is 4. The monoisotopic (exact) mass is 390 g/mol. The molecule has 0 amide bonds. The molecule has 0 aromatic carbocycles. The zero-order valence-electron chi connectivity index (χ0n) is 9.83. The number of aliphatic hydroxyl groups is 2. The molecule has 19 heavy (non-hydrogen) atoms. The molecule has 0 saturated carbocycles. The average molecular weight is 392 g/mol. The van der Waals surface area contributed by atoms with Crippen molar-refractivity contribution in [3.8, 4) is 0 Å². The van der Waals surface area contributed by atoms with Crippen molar-refractivity contribution in [3.05, 3.63) is 62.2 Å². The van der Waals surface area contributed by atoms with Crippen LogP contribution in [-0.2, 0) is 13.2 Å². The summed E-state index contributed by atoms with van der Waals surface area (Å²) in [7, 11) is 0. The van der Waals surface area contributed by atoms with E-state index >= 15 is 0 Å². The minimum atomic E-state index is -0.225. The molecule has 0 aliphatic carbocycles. The van der Waals surface area contributed by atoms with Crippen molar-refractivity contribution in [3.63, 3.8) is 0 Å². The van der Waals surface area contributed by atoms with Crippen molar-refractivity contribution in [1.29, 1.82) is 0 Å². The van der Waals surface area contributed by atoms with E-state index in [0.29, 0.717) is 20.6 Å². The van der Waals surface area contributed by atoms with Crippen LogP contribution in [0.15, 0.2) is 45.6 Å². The van der Waals surface area contributed by atoms with E-state index in [2.05, 4.69) is 36.8 Å². The van der Waals surface area contributed by atoms with Gasteiger partial charge in [0.05, 0.1) is 16.8 Å². The maximum Gasteiger partial charge on any atom is 0.218 e. The summed E-state index contributed by atoms with van der Waals surface area (Å²) in [6.45, 7) is -0.218. The molecule has 2 rings (SSSR count). The normalized spacial score (nSPS) is 9.68. The zero-order chi connectivity index (χ0) is 14.3. The topological polar surface area (TPSA) is 80.3 Å². The van der Waals surface area contributed by atoms with Crippen LogP contribution >= 0.6 is 31.9 Å². The van der Waals surface area contributed by atoms with Gasteiger partial charge in [-0.05, 0) is 50.1 Å². The third kappa shape index (κ3) is 5.65. The van der Waals surface area contributed by atoms with E-state index in [4.69, 9.17) is 10.2 Å². The highest BCUT2D eigenvalue weighted by Gasteiger charge is 2.01. The van der Waals surface area contributed by atoms with Crippen LogP contribution in [0.25, 0.3) is 0 Å². The summed E-state index contributed by atoms with van der Waals surface area (Å²) in [6.07, 6.45) is 3.01. The van der Waals surface area contributed by atoms with E-state index in [0.717, 1.165) is 4.47 Å². The van der Waals surface area contributed by atoms with Gasteiger partial charge in [-0.15, -0.1) is 0 Å². The molecular weight excluding hydrogens is 380 g/mol. The maximum absolute atomic E-state index is 10.8. The van der Waals surface area contributed by atoms with E-state index in [9.17, 15) is 5.21 Å². The SMILES string of the molecule is OCc1ccc(Br)cn1.[O-][n+]1cc(Br)ccc1CO. The van der Waals surface area contributed by atoms with Gasteiger partial charge in [0.2, 0.25) is 5.69 Å². The first-order valence-electron chi connectivity index (χ1n) is 5.26. The maximum atomic E-state index is 10.8. The van der Waals surface area contributed by atoms with Gasteiger partial charge in [-0.2, -0.15) is 4.73 Å². The number of rotatable bonds is 2. The molecule has 0 unspecified atom stereocenters. The van der Waals surface area contributed by atoms with Crippen LogP contribution < -0.4 is 4.73 Å². The Balaban J connectivity index is 0.000000191. The Bertz CT molecular complexity index is 521. The highest BCUT2D eigenvalue weighted by Crippen LogP contribution is 2.06. The van der Waals surface area contributed by atoms with Crippen molar-refractivity contribution in [2.24, 2.45) is 0 Å². The van der Waals surface area contributed by atoms with Crippen molar-refractivity contribution in [2.75, 3.05) is 0 Å². The van der Waals surface area contributed by atoms with Crippen molar-refractivity contribution < 1.29 is 14.9 Å². The molecule has 0 saturated heterocycles. The molecule has 0 fully saturated rings. The van der Waals surface area contributed by atoms with Gasteiger partial charge in [-0.25, -0.2) is 0 Å². The van der Waals surface area contributed by atoms with Crippen LogP contribution in [0.5, 0.6) is 0 Å². The molecule has 2 aromatic heterocycles. The number of nitrogens with zero attached hydrogens (tertiary/aromatic N) is 2. The number of aromatic nitrogens is 2. The Hall–Kier alpha value is -1.02. The van der Waals surface area contributed by atoms with Gasteiger partial charge in [-0.1, -0.05) is 0 Å². The Kier molecular flexibility index (Phi) is 6.93. The molecule has 2 aromatic rings. The molecule has 102 valence electrons. The van der Waals surface area contributed by atoms with Gasteiger partial charge < -0.3 is 15.4 Å². The fraction of sp³-hybridized carbons (Fsp3) is 0.167. The van der Waals surface area contributed by atoms with Crippen LogP contribution in [0, 0.1) is 5.21 Å². The molecule has 0 aliphatic heterocycles. The minimum Gasteiger partial charge on any atom is -0.618 e. The van der Waals surface area contributed by atoms with E-state index in [1.165, 1.54) is 6.20 Å². The van der Waals surface area contributed by atoms with Gasteiger partial charge in [0, 0.05) is 16.7 Å². The number of halogens is 2. The lowest BCUT2D eigenvalue weighted by atomic mass is 10.4. The lowest BCUT2D eigenvalue weighted by Gasteiger charge is -2.00. The van der Waals surface area contributed by atoms with Gasteiger partial charge in [0.1, 0.15) is 6.61 Å². The smallest absolute Gasteiger partial charge is 0.218 e. The summed E-state index contributed by atoms with van der Waals surface area (Å²) in [4.78, 5) is 3.90. The summed E-state index contributed by atoms with van der Waals surface area (Å²) >= 11 is 6.35. The van der Waals surface area contributed by atoms with E-state index in [-0.39, 0.29) is 13.2 Å². The minimum absolute atomic E-state index is 0.00722. The molecule has 7 heteroatoms. The molecule has 2 N–H and O–H groups in total. The molecule has 2 heterocycles. The van der Waals surface area contributed by atoms with Crippen LogP contribution in [-0.4, -0.2) is 15.2 Å². The molecule has 0 atom stereocenters. The third-order valence-electron chi connectivity index (χ3n) is 2.07.